The molecule has 2 heterocycles. The number of nitrogens with zero attached hydrogens (tertiary/aromatic N) is 4. The van der Waals surface area contributed by atoms with E-state index in [4.69, 9.17) is 11.5 Å². The molecule has 0 spiro atoms. The molecule has 2 aromatic heterocycles. The minimum atomic E-state index is 0.283. The molecule has 0 bridgehead atoms. The van der Waals surface area contributed by atoms with Crippen LogP contribution < -0.4 is 16.8 Å². The van der Waals surface area contributed by atoms with Crippen LogP contribution in [0.4, 0.5) is 11.8 Å². The number of nitrogen functional groups attached to an aromatic ring is 1. The third-order valence-corrected chi connectivity index (χ3v) is 4.87. The Morgan fingerprint density at radius 1 is 1.19 bits per heavy atom. The smallest absolute Gasteiger partial charge is 0.222 e. The van der Waals surface area contributed by atoms with Gasteiger partial charge in [0.05, 0.1) is 5.69 Å². The zero-order valence-electron chi connectivity index (χ0n) is 14.8. The van der Waals surface area contributed by atoms with Gasteiger partial charge in [0.1, 0.15) is 11.6 Å². The minimum absolute atomic E-state index is 0.283. The zero-order valence-corrected chi connectivity index (χ0v) is 14.8. The number of hydrogen-bond donors (Lipinski definition) is 3. The van der Waals surface area contributed by atoms with Crippen LogP contribution >= 0.6 is 0 Å². The predicted octanol–water partition coefficient (Wildman–Crippen LogP) is 2.37. The Bertz CT molecular complexity index is 895. The van der Waals surface area contributed by atoms with Crippen LogP contribution in [0.5, 0.6) is 0 Å². The van der Waals surface area contributed by atoms with E-state index in [0.717, 1.165) is 41.4 Å². The van der Waals surface area contributed by atoms with Crippen LogP contribution in [-0.2, 0) is 6.54 Å². The van der Waals surface area contributed by atoms with E-state index in [2.05, 4.69) is 49.1 Å². The van der Waals surface area contributed by atoms with Crippen molar-refractivity contribution in [3.8, 4) is 5.69 Å². The predicted molar refractivity (Wildman–Crippen MR) is 102 cm³/mol. The Kier molecular flexibility index (Phi) is 4.30. The lowest BCUT2D eigenvalue weighted by molar-refractivity contribution is 0.345. The van der Waals surface area contributed by atoms with Gasteiger partial charge in [0.15, 0.2) is 0 Å². The number of aryl methyl sites for hydroxylation is 1. The molecule has 0 unspecified atom stereocenters. The van der Waals surface area contributed by atoms with Gasteiger partial charge in [-0.25, -0.2) is 9.97 Å². The first-order chi connectivity index (χ1) is 12.6. The first kappa shape index (κ1) is 16.5. The maximum absolute atomic E-state index is 5.88. The summed E-state index contributed by atoms with van der Waals surface area (Å²) < 4.78 is 2.05. The summed E-state index contributed by atoms with van der Waals surface area (Å²) >= 11 is 0. The third-order valence-electron chi connectivity index (χ3n) is 4.87. The number of nitrogens with two attached hydrogens (primary N) is 2. The zero-order chi connectivity index (χ0) is 18.1. The van der Waals surface area contributed by atoms with Gasteiger partial charge in [-0.15, -0.1) is 0 Å². The van der Waals surface area contributed by atoms with Gasteiger partial charge in [0, 0.05) is 42.7 Å². The Morgan fingerprint density at radius 2 is 1.96 bits per heavy atom. The molecule has 7 heteroatoms. The maximum Gasteiger partial charge on any atom is 0.222 e. The van der Waals surface area contributed by atoms with Crippen molar-refractivity contribution in [3.63, 3.8) is 0 Å². The Hall–Kier alpha value is -2.93. The van der Waals surface area contributed by atoms with Gasteiger partial charge in [-0.2, -0.15) is 4.98 Å². The van der Waals surface area contributed by atoms with E-state index in [1.54, 1.807) is 6.20 Å². The fraction of sp³-hybridized carbons (Fsp3) is 0.316. The molecule has 0 saturated heterocycles. The summed E-state index contributed by atoms with van der Waals surface area (Å²) in [5, 5.41) is 3.34. The molecule has 5 N–H and O–H groups in total. The van der Waals surface area contributed by atoms with Crippen molar-refractivity contribution < 1.29 is 0 Å². The SMILES string of the molecule is Cc1nccn1-c1ccc(CNc2cc(C3CC(N)C3)nc(N)n2)cc1. The van der Waals surface area contributed by atoms with Crippen molar-refractivity contribution in [2.45, 2.75) is 38.3 Å². The van der Waals surface area contributed by atoms with Crippen molar-refractivity contribution in [3.05, 3.63) is 59.8 Å². The molecular formula is C19H23N7. The lowest BCUT2D eigenvalue weighted by Crippen LogP contribution is -2.35. The molecule has 0 radical (unpaired) electrons. The Balaban J connectivity index is 1.43. The van der Waals surface area contributed by atoms with E-state index >= 15 is 0 Å². The topological polar surface area (TPSA) is 108 Å². The maximum atomic E-state index is 5.88. The number of nitrogens with one attached hydrogen (secondary N) is 1. The average molecular weight is 349 g/mol. The van der Waals surface area contributed by atoms with Gasteiger partial charge in [0.2, 0.25) is 5.95 Å². The molecule has 0 aliphatic heterocycles. The van der Waals surface area contributed by atoms with E-state index in [1.807, 2.05) is 19.2 Å². The van der Waals surface area contributed by atoms with Crippen LogP contribution in [0.3, 0.4) is 0 Å². The quantitative estimate of drug-likeness (QED) is 0.653. The van der Waals surface area contributed by atoms with E-state index in [-0.39, 0.29) is 6.04 Å². The standard InChI is InChI=1S/C19H23N7/c1-12-22-6-7-26(12)16-4-2-13(3-5-16)11-23-18-10-17(24-19(21)25-18)14-8-15(20)9-14/h2-7,10,14-15H,8-9,11,20H2,1H3,(H3,21,23,24,25). The summed E-state index contributed by atoms with van der Waals surface area (Å²) in [5.74, 6) is 2.42. The number of anilines is 2. The van der Waals surface area contributed by atoms with Crippen LogP contribution in [0.15, 0.2) is 42.7 Å². The van der Waals surface area contributed by atoms with E-state index in [0.29, 0.717) is 18.4 Å². The largest absolute Gasteiger partial charge is 0.368 e. The van der Waals surface area contributed by atoms with Crippen molar-refractivity contribution in [2.75, 3.05) is 11.1 Å². The van der Waals surface area contributed by atoms with Crippen LogP contribution in [-0.4, -0.2) is 25.6 Å². The molecule has 134 valence electrons. The van der Waals surface area contributed by atoms with Gasteiger partial charge in [-0.1, -0.05) is 12.1 Å². The number of benzene rings is 1. The average Bonchev–Trinajstić information content (AvgIpc) is 3.03. The molecule has 1 aliphatic carbocycles. The van der Waals surface area contributed by atoms with Gasteiger partial charge >= 0.3 is 0 Å². The number of aromatic nitrogens is 4. The lowest BCUT2D eigenvalue weighted by atomic mass is 9.78. The second kappa shape index (κ2) is 6.76. The van der Waals surface area contributed by atoms with Crippen LogP contribution in [0.2, 0.25) is 0 Å². The molecule has 3 aromatic rings. The van der Waals surface area contributed by atoms with Crippen LogP contribution in [0, 0.1) is 6.92 Å². The Morgan fingerprint density at radius 3 is 2.62 bits per heavy atom. The van der Waals surface area contributed by atoms with E-state index in [9.17, 15) is 0 Å². The fourth-order valence-corrected chi connectivity index (χ4v) is 3.31. The summed E-state index contributed by atoms with van der Waals surface area (Å²) in [4.78, 5) is 12.9. The molecule has 0 atom stereocenters. The molecule has 1 aliphatic rings. The van der Waals surface area contributed by atoms with Crippen molar-refractivity contribution >= 4 is 11.8 Å². The number of hydrogen-bond acceptors (Lipinski definition) is 6. The van der Waals surface area contributed by atoms with Crippen molar-refractivity contribution in [2.24, 2.45) is 5.73 Å². The Labute approximate surface area is 152 Å². The summed E-state index contributed by atoms with van der Waals surface area (Å²) in [6.07, 6.45) is 5.69. The molecule has 1 saturated carbocycles. The number of rotatable bonds is 5. The summed E-state index contributed by atoms with van der Waals surface area (Å²) in [6, 6.07) is 10.6. The summed E-state index contributed by atoms with van der Waals surface area (Å²) in [5.41, 5.74) is 15.0. The normalized spacial score (nSPS) is 19.2. The van der Waals surface area contributed by atoms with Gasteiger partial charge in [-0.3, -0.25) is 0 Å². The van der Waals surface area contributed by atoms with E-state index in [1.165, 1.54) is 0 Å². The second-order valence-electron chi connectivity index (χ2n) is 6.83. The molecule has 4 rings (SSSR count). The molecule has 1 aromatic carbocycles. The highest BCUT2D eigenvalue weighted by Gasteiger charge is 2.29. The first-order valence-corrected chi connectivity index (χ1v) is 8.81. The van der Waals surface area contributed by atoms with Crippen molar-refractivity contribution in [1.82, 2.24) is 19.5 Å². The third kappa shape index (κ3) is 3.39. The molecule has 0 amide bonds. The van der Waals surface area contributed by atoms with Crippen LogP contribution in [0.25, 0.3) is 5.69 Å². The fourth-order valence-electron chi connectivity index (χ4n) is 3.31. The lowest BCUT2D eigenvalue weighted by Gasteiger charge is -2.32. The van der Waals surface area contributed by atoms with Crippen LogP contribution in [0.1, 0.15) is 35.8 Å². The molecule has 1 fully saturated rings. The molecule has 26 heavy (non-hydrogen) atoms. The summed E-state index contributed by atoms with van der Waals surface area (Å²) in [7, 11) is 0. The highest BCUT2D eigenvalue weighted by atomic mass is 15.1. The monoisotopic (exact) mass is 349 g/mol. The van der Waals surface area contributed by atoms with Gasteiger partial charge < -0.3 is 21.4 Å². The molecular weight excluding hydrogens is 326 g/mol. The highest BCUT2D eigenvalue weighted by molar-refractivity contribution is 5.43. The van der Waals surface area contributed by atoms with Gasteiger partial charge in [0.25, 0.3) is 0 Å². The molecule has 7 nitrogen and oxygen atoms in total. The number of imidazole rings is 1. The highest BCUT2D eigenvalue weighted by Crippen LogP contribution is 2.35. The van der Waals surface area contributed by atoms with E-state index < -0.39 is 0 Å². The van der Waals surface area contributed by atoms with Gasteiger partial charge in [-0.05, 0) is 37.5 Å². The summed E-state index contributed by atoms with van der Waals surface area (Å²) in [6.45, 7) is 2.66. The second-order valence-corrected chi connectivity index (χ2v) is 6.83. The minimum Gasteiger partial charge on any atom is -0.368 e. The van der Waals surface area contributed by atoms with Crippen molar-refractivity contribution in [1.29, 1.82) is 0 Å². The first-order valence-electron chi connectivity index (χ1n) is 8.81.